The second-order valence-corrected chi connectivity index (χ2v) is 15.6. The number of ether oxygens (including phenoxy) is 5. The molecule has 14 atom stereocenters. The lowest BCUT2D eigenvalue weighted by Crippen LogP contribution is -2.60. The molecule has 4 heterocycles. The van der Waals surface area contributed by atoms with Gasteiger partial charge in [0, 0.05) is 30.5 Å². The van der Waals surface area contributed by atoms with Crippen molar-refractivity contribution in [3.63, 3.8) is 0 Å². The predicted molar refractivity (Wildman–Crippen MR) is 180 cm³/mol. The van der Waals surface area contributed by atoms with Gasteiger partial charge in [0.15, 0.2) is 12.1 Å². The van der Waals surface area contributed by atoms with Crippen LogP contribution in [0.1, 0.15) is 94.9 Å². The molecule has 0 aromatic carbocycles. The van der Waals surface area contributed by atoms with Gasteiger partial charge in [0.1, 0.15) is 23.7 Å². The first-order chi connectivity index (χ1) is 21.9. The lowest BCUT2D eigenvalue weighted by atomic mass is 9.79. The average Bonchev–Trinajstić information content (AvgIpc) is 3.00. The number of hydrogen-bond donors (Lipinski definition) is 2. The molecule has 0 amide bonds. The zero-order valence-electron chi connectivity index (χ0n) is 31.2. The van der Waals surface area contributed by atoms with Crippen molar-refractivity contribution in [1.29, 1.82) is 0 Å². The summed E-state index contributed by atoms with van der Waals surface area (Å²) in [6.45, 7) is 21.3. The normalized spacial score (nSPS) is 45.4. The number of likely N-dealkylation sites (N-methyl/N-ethyl adjacent to an activating group) is 1. The molecule has 2 bridgehead atoms. The monoisotopic (exact) mass is 670 g/mol. The zero-order valence-corrected chi connectivity index (χ0v) is 31.2. The highest BCUT2D eigenvalue weighted by Gasteiger charge is 2.52. The summed E-state index contributed by atoms with van der Waals surface area (Å²) in [5.41, 5.74) is -2.53. The third-order valence-electron chi connectivity index (χ3n) is 10.8. The molecule has 0 aromatic rings. The van der Waals surface area contributed by atoms with Crippen LogP contribution < -0.4 is 0 Å². The van der Waals surface area contributed by atoms with Gasteiger partial charge >= 0.3 is 5.97 Å². The Labute approximate surface area is 283 Å². The van der Waals surface area contributed by atoms with Crippen molar-refractivity contribution < 1.29 is 43.5 Å². The number of hydrogen-bond acceptors (Lipinski definition) is 11. The van der Waals surface area contributed by atoms with E-state index < -0.39 is 59.7 Å². The Morgan fingerprint density at radius 1 is 1.04 bits per heavy atom. The van der Waals surface area contributed by atoms with Gasteiger partial charge in [0.05, 0.1) is 37.1 Å². The molecule has 0 radical (unpaired) electrons. The molecular formula is C36H66N2O9. The fourth-order valence-electron chi connectivity index (χ4n) is 8.07. The van der Waals surface area contributed by atoms with Crippen LogP contribution in [0.15, 0.2) is 0 Å². The number of aliphatic hydroxyl groups excluding tert-OH is 1. The van der Waals surface area contributed by atoms with Gasteiger partial charge in [-0.05, 0) is 86.9 Å². The van der Waals surface area contributed by atoms with E-state index in [9.17, 15) is 19.8 Å². The molecule has 0 aliphatic carbocycles. The summed E-state index contributed by atoms with van der Waals surface area (Å²) < 4.78 is 32.4. The molecule has 47 heavy (non-hydrogen) atoms. The maximum absolute atomic E-state index is 14.3. The summed E-state index contributed by atoms with van der Waals surface area (Å²) in [6, 6.07) is -0.218. The van der Waals surface area contributed by atoms with Gasteiger partial charge in [-0.25, -0.2) is 0 Å². The van der Waals surface area contributed by atoms with Crippen LogP contribution in [0.3, 0.4) is 0 Å². The van der Waals surface area contributed by atoms with Crippen LogP contribution in [0.5, 0.6) is 0 Å². The Morgan fingerprint density at radius 2 is 1.70 bits per heavy atom. The number of Topliss-reactive ketones (excluding diaryl/α,β-unsaturated/α-hetero) is 1. The highest BCUT2D eigenvalue weighted by molar-refractivity contribution is 6.00. The first-order valence-electron chi connectivity index (χ1n) is 18.0. The summed E-state index contributed by atoms with van der Waals surface area (Å²) >= 11 is 0. The van der Waals surface area contributed by atoms with Crippen LogP contribution in [-0.2, 0) is 33.3 Å². The lowest BCUT2D eigenvalue weighted by Gasteiger charge is -2.48. The highest BCUT2D eigenvalue weighted by atomic mass is 16.7. The number of carbonyl (C=O) groups excluding carboxylic acids is 2. The average molecular weight is 671 g/mol. The van der Waals surface area contributed by atoms with Gasteiger partial charge in [-0.15, -0.1) is 0 Å². The van der Waals surface area contributed by atoms with Gasteiger partial charge in [-0.3, -0.25) is 9.59 Å². The SMILES string of the molecule is CCCN1C[C@H](C)[C@H]2OCC(C)CO[C@](C)(C[C@H]1C)[C@H](O[C@@H]1O[C@H](C)C[C@H](N(C)C)[C@H]1O)[C@@H](C)C(=O)[C@@H](C)C(=O)O[C@H](CC)[C@@]2(C)O. The second-order valence-electron chi connectivity index (χ2n) is 15.6. The van der Waals surface area contributed by atoms with E-state index in [1.165, 1.54) is 0 Å². The molecule has 1 unspecified atom stereocenters. The predicted octanol–water partition coefficient (Wildman–Crippen LogP) is 3.66. The van der Waals surface area contributed by atoms with Crippen molar-refractivity contribution >= 4 is 11.8 Å². The Kier molecular flexibility index (Phi) is 14.3. The summed E-state index contributed by atoms with van der Waals surface area (Å²) in [5, 5.41) is 23.6. The van der Waals surface area contributed by atoms with Gasteiger partial charge in [0.25, 0.3) is 0 Å². The Balaban J connectivity index is 2.22. The number of esters is 1. The number of rotatable bonds is 6. The van der Waals surface area contributed by atoms with Gasteiger partial charge in [-0.1, -0.05) is 34.6 Å². The molecule has 0 aromatic heterocycles. The van der Waals surface area contributed by atoms with Crippen LogP contribution in [0.25, 0.3) is 0 Å². The molecule has 0 saturated carbocycles. The third kappa shape index (κ3) is 9.34. The Morgan fingerprint density at radius 3 is 2.30 bits per heavy atom. The van der Waals surface area contributed by atoms with Gasteiger partial charge < -0.3 is 43.7 Å². The quantitative estimate of drug-likeness (QED) is 0.318. The number of ketones is 1. The Hall–Kier alpha value is -1.18. The fraction of sp³-hybridized carbons (Fsp3) is 0.944. The van der Waals surface area contributed by atoms with Crippen LogP contribution in [0.4, 0.5) is 0 Å². The van der Waals surface area contributed by atoms with Crippen molar-refractivity contribution in [3.05, 3.63) is 0 Å². The van der Waals surface area contributed by atoms with Crippen LogP contribution in [0.2, 0.25) is 0 Å². The summed E-state index contributed by atoms with van der Waals surface area (Å²) in [4.78, 5) is 32.3. The van der Waals surface area contributed by atoms with E-state index >= 15 is 0 Å². The van der Waals surface area contributed by atoms with Crippen LogP contribution in [0, 0.1) is 23.7 Å². The minimum Gasteiger partial charge on any atom is -0.459 e. The van der Waals surface area contributed by atoms with Crippen molar-refractivity contribution in [2.75, 3.05) is 40.4 Å². The largest absolute Gasteiger partial charge is 0.459 e. The molecular weight excluding hydrogens is 604 g/mol. The van der Waals surface area contributed by atoms with E-state index in [1.54, 1.807) is 20.8 Å². The van der Waals surface area contributed by atoms with Crippen molar-refractivity contribution in [2.45, 2.75) is 155 Å². The van der Waals surface area contributed by atoms with Crippen molar-refractivity contribution in [2.24, 2.45) is 23.7 Å². The molecule has 4 aliphatic heterocycles. The summed E-state index contributed by atoms with van der Waals surface area (Å²) in [7, 11) is 3.84. The molecule has 2 N–H and O–H groups in total. The topological polar surface area (TPSA) is 127 Å². The van der Waals surface area contributed by atoms with Crippen molar-refractivity contribution in [3.8, 4) is 0 Å². The smallest absolute Gasteiger partial charge is 0.316 e. The number of carbonyl (C=O) groups is 2. The maximum atomic E-state index is 14.3. The minimum atomic E-state index is -1.52. The van der Waals surface area contributed by atoms with Gasteiger partial charge in [-0.2, -0.15) is 0 Å². The van der Waals surface area contributed by atoms with E-state index in [1.807, 2.05) is 46.7 Å². The zero-order chi connectivity index (χ0) is 35.4. The number of aliphatic hydroxyl groups is 2. The fourth-order valence-corrected chi connectivity index (χ4v) is 8.07. The number of fused-ring (bicyclic) bond motifs is 15. The molecule has 4 fully saturated rings. The third-order valence-corrected chi connectivity index (χ3v) is 10.8. The number of nitrogens with zero attached hydrogens (tertiary/aromatic N) is 2. The van der Waals surface area contributed by atoms with E-state index in [2.05, 4.69) is 25.7 Å². The molecule has 274 valence electrons. The second kappa shape index (κ2) is 16.7. The minimum absolute atomic E-state index is 0.0100. The molecule has 4 saturated heterocycles. The summed E-state index contributed by atoms with van der Waals surface area (Å²) in [5.74, 6) is -3.18. The molecule has 4 rings (SSSR count). The van der Waals surface area contributed by atoms with E-state index in [-0.39, 0.29) is 35.8 Å². The van der Waals surface area contributed by atoms with Crippen LogP contribution >= 0.6 is 0 Å². The lowest BCUT2D eigenvalue weighted by molar-refractivity contribution is -0.299. The molecule has 11 heteroatoms. The first-order valence-corrected chi connectivity index (χ1v) is 18.0. The standard InChI is InChI=1S/C36H66N2O9/c1-13-15-38-18-22(4)31-36(10,42)28(14-2)46-33(41)26(8)29(39)25(7)32(35(9,17-23(38)5)44-20-21(3)19-43-31)47-34-30(40)27(37(11)12)16-24(6)45-34/h21-28,30-32,34,40,42H,13-20H2,1-12H3/t21?,22-,23+,24+,25-,26+,27-,28+,30+,31+,32+,34-,35+,36+/m0/s1. The summed E-state index contributed by atoms with van der Waals surface area (Å²) in [6.07, 6.45) is -2.16. The first kappa shape index (κ1) is 40.3. The van der Waals surface area contributed by atoms with Crippen LogP contribution in [-0.4, -0.2) is 132 Å². The van der Waals surface area contributed by atoms with E-state index in [4.69, 9.17) is 23.7 Å². The van der Waals surface area contributed by atoms with Gasteiger partial charge in [0.2, 0.25) is 0 Å². The maximum Gasteiger partial charge on any atom is 0.316 e. The van der Waals surface area contributed by atoms with Crippen molar-refractivity contribution in [1.82, 2.24) is 9.80 Å². The van der Waals surface area contributed by atoms with E-state index in [0.29, 0.717) is 39.0 Å². The molecule has 4 aliphatic rings. The highest BCUT2D eigenvalue weighted by Crippen LogP contribution is 2.38. The molecule has 0 spiro atoms. The Bertz CT molecular complexity index is 1030. The molecule has 11 nitrogen and oxygen atoms in total. The van der Waals surface area contributed by atoms with E-state index in [0.717, 1.165) is 13.0 Å².